The molecule has 1 heterocycles. The van der Waals surface area contributed by atoms with Crippen LogP contribution in [0.3, 0.4) is 0 Å². The Morgan fingerprint density at radius 1 is 0.885 bits per heavy atom. The first-order valence-corrected chi connectivity index (χ1v) is 8.65. The molecule has 3 rings (SSSR count). The molecule has 0 aliphatic carbocycles. The molecule has 0 spiro atoms. The monoisotopic (exact) mass is 352 g/mol. The second-order valence-corrected chi connectivity index (χ2v) is 6.17. The second-order valence-electron chi connectivity index (χ2n) is 6.17. The van der Waals surface area contributed by atoms with Crippen LogP contribution >= 0.6 is 0 Å². The third-order valence-corrected chi connectivity index (χ3v) is 4.77. The molecule has 0 saturated heterocycles. The molecule has 5 heteroatoms. The number of nitrogens with zero attached hydrogens (tertiary/aromatic N) is 2. The molecule has 1 atom stereocenters. The van der Waals surface area contributed by atoms with E-state index in [1.807, 2.05) is 43.3 Å². The third-order valence-electron chi connectivity index (χ3n) is 4.77. The van der Waals surface area contributed by atoms with Crippen molar-refractivity contribution in [3.8, 4) is 17.2 Å². The lowest BCUT2D eigenvalue weighted by Gasteiger charge is -2.20. The molecule has 1 aliphatic rings. The van der Waals surface area contributed by atoms with E-state index in [4.69, 9.17) is 14.2 Å². The summed E-state index contributed by atoms with van der Waals surface area (Å²) < 4.78 is 16.3. The average molecular weight is 352 g/mol. The fourth-order valence-electron chi connectivity index (χ4n) is 3.34. The van der Waals surface area contributed by atoms with Crippen LogP contribution in [0.4, 0.5) is 0 Å². The Hall–Kier alpha value is -2.82. The van der Waals surface area contributed by atoms with Crippen LogP contribution in [0.5, 0.6) is 17.2 Å². The largest absolute Gasteiger partial charge is 0.497 e. The van der Waals surface area contributed by atoms with E-state index in [9.17, 15) is 0 Å². The summed E-state index contributed by atoms with van der Waals surface area (Å²) in [5.41, 5.74) is 4.95. The van der Waals surface area contributed by atoms with Crippen LogP contribution in [-0.2, 0) is 0 Å². The van der Waals surface area contributed by atoms with Gasteiger partial charge in [-0.3, -0.25) is 0 Å². The molecule has 2 aromatic carbocycles. The quantitative estimate of drug-likeness (QED) is 0.800. The predicted octanol–water partition coefficient (Wildman–Crippen LogP) is 4.43. The highest BCUT2D eigenvalue weighted by atomic mass is 16.5. The zero-order chi connectivity index (χ0) is 18.7. The van der Waals surface area contributed by atoms with Gasteiger partial charge in [-0.25, -0.2) is 0 Å². The van der Waals surface area contributed by atoms with Gasteiger partial charge in [-0.2, -0.15) is 5.10 Å². The van der Waals surface area contributed by atoms with E-state index in [1.54, 1.807) is 21.3 Å². The Labute approximate surface area is 154 Å². The van der Waals surface area contributed by atoms with Crippen molar-refractivity contribution in [2.24, 2.45) is 10.2 Å². The molecule has 26 heavy (non-hydrogen) atoms. The van der Waals surface area contributed by atoms with Crippen LogP contribution in [-0.4, -0.2) is 32.8 Å². The Bertz CT molecular complexity index is 854. The first-order valence-electron chi connectivity index (χ1n) is 8.65. The zero-order valence-corrected chi connectivity index (χ0v) is 15.9. The smallest absolute Gasteiger partial charge is 0.161 e. The summed E-state index contributed by atoms with van der Waals surface area (Å²) in [5.74, 6) is 2.39. The van der Waals surface area contributed by atoms with E-state index in [1.165, 1.54) is 0 Å². The third kappa shape index (κ3) is 3.17. The topological polar surface area (TPSA) is 52.4 Å². The van der Waals surface area contributed by atoms with E-state index < -0.39 is 0 Å². The number of hydrogen-bond donors (Lipinski definition) is 0. The molecule has 0 amide bonds. The van der Waals surface area contributed by atoms with Crippen LogP contribution < -0.4 is 14.2 Å². The van der Waals surface area contributed by atoms with Gasteiger partial charge in [0.15, 0.2) is 11.5 Å². The van der Waals surface area contributed by atoms with Gasteiger partial charge in [-0.05, 0) is 55.3 Å². The van der Waals surface area contributed by atoms with Gasteiger partial charge in [0.25, 0.3) is 0 Å². The fraction of sp³-hybridized carbons (Fsp3) is 0.333. The van der Waals surface area contributed by atoms with Crippen molar-refractivity contribution < 1.29 is 14.2 Å². The SMILES string of the molecule is CCC1C(C)=NN=C(c2ccc(OC)cc2)c2cc(OC)c(OC)cc21. The molecule has 0 aromatic heterocycles. The van der Waals surface area contributed by atoms with Crippen LogP contribution in [0, 0.1) is 0 Å². The van der Waals surface area contributed by atoms with Gasteiger partial charge in [0.2, 0.25) is 0 Å². The normalized spacial score (nSPS) is 16.1. The Morgan fingerprint density at radius 3 is 2.12 bits per heavy atom. The molecule has 0 fully saturated rings. The standard InChI is InChI=1S/C21H24N2O3/c1-6-16-13(2)22-23-21(14-7-9-15(24-3)10-8-14)18-12-20(26-5)19(25-4)11-17(16)18/h7-12,16H,6H2,1-5H3. The van der Waals surface area contributed by atoms with Crippen LogP contribution in [0.15, 0.2) is 46.6 Å². The number of fused-ring (bicyclic) bond motifs is 1. The molecule has 1 unspecified atom stereocenters. The maximum absolute atomic E-state index is 5.52. The number of methoxy groups -OCH3 is 3. The first kappa shape index (κ1) is 18.0. The highest BCUT2D eigenvalue weighted by molar-refractivity contribution is 6.15. The van der Waals surface area contributed by atoms with Crippen molar-refractivity contribution >= 4 is 11.4 Å². The summed E-state index contributed by atoms with van der Waals surface area (Å²) in [6, 6.07) is 11.9. The van der Waals surface area contributed by atoms with E-state index in [2.05, 4.69) is 17.1 Å². The van der Waals surface area contributed by atoms with Gasteiger partial charge >= 0.3 is 0 Å². The average Bonchev–Trinajstić information content (AvgIpc) is 2.82. The number of benzene rings is 2. The van der Waals surface area contributed by atoms with Gasteiger partial charge < -0.3 is 14.2 Å². The maximum atomic E-state index is 5.52. The van der Waals surface area contributed by atoms with Gasteiger partial charge in [0.05, 0.1) is 21.3 Å². The van der Waals surface area contributed by atoms with E-state index >= 15 is 0 Å². The Balaban J connectivity index is 2.23. The lowest BCUT2D eigenvalue weighted by molar-refractivity contribution is 0.354. The Morgan fingerprint density at radius 2 is 1.54 bits per heavy atom. The molecular formula is C21H24N2O3. The number of ether oxygens (including phenoxy) is 3. The molecule has 136 valence electrons. The van der Waals surface area contributed by atoms with Crippen molar-refractivity contribution in [3.63, 3.8) is 0 Å². The van der Waals surface area contributed by atoms with Gasteiger partial charge in [-0.1, -0.05) is 6.92 Å². The van der Waals surface area contributed by atoms with E-state index in [-0.39, 0.29) is 5.92 Å². The van der Waals surface area contributed by atoms with E-state index in [0.717, 1.165) is 40.3 Å². The molecule has 5 nitrogen and oxygen atoms in total. The number of hydrogen-bond acceptors (Lipinski definition) is 5. The van der Waals surface area contributed by atoms with E-state index in [0.29, 0.717) is 11.5 Å². The lowest BCUT2D eigenvalue weighted by atomic mass is 9.85. The van der Waals surface area contributed by atoms with Crippen molar-refractivity contribution in [1.82, 2.24) is 0 Å². The predicted molar refractivity (Wildman–Crippen MR) is 104 cm³/mol. The van der Waals surface area contributed by atoms with Gasteiger partial charge in [0.1, 0.15) is 11.5 Å². The van der Waals surface area contributed by atoms with Gasteiger partial charge in [-0.15, -0.1) is 5.10 Å². The minimum absolute atomic E-state index is 0.185. The van der Waals surface area contributed by atoms with Crippen molar-refractivity contribution in [2.75, 3.05) is 21.3 Å². The summed E-state index contributed by atoms with van der Waals surface area (Å²) in [5, 5.41) is 9.06. The molecule has 1 aliphatic heterocycles. The molecular weight excluding hydrogens is 328 g/mol. The highest BCUT2D eigenvalue weighted by Crippen LogP contribution is 2.38. The minimum Gasteiger partial charge on any atom is -0.497 e. The number of rotatable bonds is 5. The zero-order valence-electron chi connectivity index (χ0n) is 15.9. The summed E-state index contributed by atoms with van der Waals surface area (Å²) in [4.78, 5) is 0. The summed E-state index contributed by atoms with van der Waals surface area (Å²) in [6.07, 6.45) is 0.934. The first-order chi connectivity index (χ1) is 12.6. The minimum atomic E-state index is 0.185. The highest BCUT2D eigenvalue weighted by Gasteiger charge is 2.25. The molecule has 0 saturated carbocycles. The maximum Gasteiger partial charge on any atom is 0.161 e. The van der Waals surface area contributed by atoms with Crippen LogP contribution in [0.2, 0.25) is 0 Å². The van der Waals surface area contributed by atoms with Crippen molar-refractivity contribution in [1.29, 1.82) is 0 Å². The molecule has 0 N–H and O–H groups in total. The van der Waals surface area contributed by atoms with Gasteiger partial charge in [0, 0.05) is 22.8 Å². The summed E-state index contributed by atoms with van der Waals surface area (Å²) in [7, 11) is 4.95. The Kier molecular flexibility index (Phi) is 5.26. The molecule has 2 aromatic rings. The van der Waals surface area contributed by atoms with Crippen molar-refractivity contribution in [2.45, 2.75) is 26.2 Å². The molecule has 0 radical (unpaired) electrons. The van der Waals surface area contributed by atoms with Crippen molar-refractivity contribution in [3.05, 3.63) is 53.1 Å². The second kappa shape index (κ2) is 7.60. The van der Waals surface area contributed by atoms with Crippen LogP contribution in [0.1, 0.15) is 42.9 Å². The fourth-order valence-corrected chi connectivity index (χ4v) is 3.34. The summed E-state index contributed by atoms with van der Waals surface area (Å²) in [6.45, 7) is 4.18. The lowest BCUT2D eigenvalue weighted by Crippen LogP contribution is -2.12. The van der Waals surface area contributed by atoms with Crippen LogP contribution in [0.25, 0.3) is 0 Å². The summed E-state index contributed by atoms with van der Waals surface area (Å²) >= 11 is 0. The molecule has 0 bridgehead atoms.